The second-order valence-corrected chi connectivity index (χ2v) is 6.28. The van der Waals surface area contributed by atoms with Crippen LogP contribution in [0.15, 0.2) is 40.9 Å². The van der Waals surface area contributed by atoms with Gasteiger partial charge in [0.25, 0.3) is 0 Å². The highest BCUT2D eigenvalue weighted by Crippen LogP contribution is 2.36. The van der Waals surface area contributed by atoms with E-state index in [-0.39, 0.29) is 45.9 Å². The lowest BCUT2D eigenvalue weighted by Crippen LogP contribution is -2.00. The van der Waals surface area contributed by atoms with Gasteiger partial charge in [-0.05, 0) is 36.8 Å². The summed E-state index contributed by atoms with van der Waals surface area (Å²) in [6.07, 6.45) is 0.335. The number of benzene rings is 2. The van der Waals surface area contributed by atoms with Gasteiger partial charge in [0.15, 0.2) is 12.4 Å². The maximum Gasteiger partial charge on any atom is 0.335 e. The molecule has 9 heteroatoms. The van der Waals surface area contributed by atoms with Crippen LogP contribution in [0.4, 0.5) is 0 Å². The number of hydrogen-bond acceptors (Lipinski definition) is 7. The Morgan fingerprint density at radius 3 is 2.54 bits per heavy atom. The summed E-state index contributed by atoms with van der Waals surface area (Å²) in [5.74, 6) is -0.870. The maximum atomic E-state index is 11.4. The van der Waals surface area contributed by atoms with Crippen LogP contribution in [0.5, 0.6) is 11.5 Å². The number of carboxylic acid groups (broad SMARTS) is 1. The highest BCUT2D eigenvalue weighted by molar-refractivity contribution is 6.34. The van der Waals surface area contributed by atoms with Crippen molar-refractivity contribution >= 4 is 23.4 Å². The minimum absolute atomic E-state index is 0.0555. The van der Waals surface area contributed by atoms with Crippen molar-refractivity contribution in [3.63, 3.8) is 0 Å². The van der Waals surface area contributed by atoms with Crippen LogP contribution in [-0.4, -0.2) is 32.1 Å². The molecule has 0 bridgehead atoms. The van der Waals surface area contributed by atoms with Crippen molar-refractivity contribution in [1.82, 2.24) is 10.1 Å². The monoisotopic (exact) mass is 402 g/mol. The zero-order valence-corrected chi connectivity index (χ0v) is 15.4. The number of hydrogen-bond donors (Lipinski definition) is 2. The lowest BCUT2D eigenvalue weighted by molar-refractivity contribution is 0.0696. The van der Waals surface area contributed by atoms with E-state index in [1.54, 1.807) is 12.1 Å². The third kappa shape index (κ3) is 4.29. The number of ketones is 1. The van der Waals surface area contributed by atoms with E-state index < -0.39 is 5.97 Å². The molecule has 144 valence electrons. The van der Waals surface area contributed by atoms with Crippen LogP contribution in [0.2, 0.25) is 5.02 Å². The Balaban J connectivity index is 1.64. The van der Waals surface area contributed by atoms with E-state index in [0.717, 1.165) is 5.56 Å². The van der Waals surface area contributed by atoms with E-state index in [4.69, 9.17) is 26.0 Å². The lowest BCUT2D eigenvalue weighted by atomic mass is 10.1. The minimum atomic E-state index is -0.996. The largest absolute Gasteiger partial charge is 0.505 e. The Hall–Kier alpha value is -3.39. The van der Waals surface area contributed by atoms with Gasteiger partial charge < -0.3 is 19.5 Å². The van der Waals surface area contributed by atoms with Gasteiger partial charge in [0.1, 0.15) is 16.5 Å². The zero-order chi connectivity index (χ0) is 20.3. The number of carbonyl (C=O) groups is 2. The van der Waals surface area contributed by atoms with Gasteiger partial charge in [0.05, 0.1) is 17.5 Å². The molecule has 0 aliphatic rings. The normalized spacial score (nSPS) is 10.6. The average molecular weight is 403 g/mol. The Kier molecular flexibility index (Phi) is 5.60. The summed E-state index contributed by atoms with van der Waals surface area (Å²) in [6.45, 7) is 1.27. The highest BCUT2D eigenvalue weighted by Gasteiger charge is 2.16. The molecule has 0 saturated carbocycles. The van der Waals surface area contributed by atoms with E-state index in [0.29, 0.717) is 12.3 Å². The van der Waals surface area contributed by atoms with E-state index in [1.165, 1.54) is 31.2 Å². The van der Waals surface area contributed by atoms with Crippen molar-refractivity contribution < 1.29 is 29.1 Å². The predicted octanol–water partition coefficient (Wildman–Crippen LogP) is 3.50. The predicted molar refractivity (Wildman–Crippen MR) is 98.0 cm³/mol. The van der Waals surface area contributed by atoms with Crippen LogP contribution < -0.4 is 4.74 Å². The molecule has 28 heavy (non-hydrogen) atoms. The first-order chi connectivity index (χ1) is 13.3. The van der Waals surface area contributed by atoms with E-state index in [9.17, 15) is 14.7 Å². The second-order valence-electron chi connectivity index (χ2n) is 5.90. The van der Waals surface area contributed by atoms with E-state index in [1.807, 2.05) is 0 Å². The van der Waals surface area contributed by atoms with E-state index in [2.05, 4.69) is 10.1 Å². The number of aromatic hydroxyl groups is 1. The van der Waals surface area contributed by atoms with Crippen molar-refractivity contribution in [3.8, 4) is 11.5 Å². The maximum absolute atomic E-state index is 11.4. The second kappa shape index (κ2) is 8.10. The number of carboxylic acids is 1. The zero-order valence-electron chi connectivity index (χ0n) is 14.7. The molecule has 1 heterocycles. The van der Waals surface area contributed by atoms with Gasteiger partial charge in [-0.1, -0.05) is 28.9 Å². The number of aromatic carboxylic acids is 1. The summed E-state index contributed by atoms with van der Waals surface area (Å²) in [5, 5.41) is 22.6. The molecule has 8 nitrogen and oxygen atoms in total. The number of halogens is 1. The Bertz CT molecular complexity index is 1030. The first kappa shape index (κ1) is 19.4. The molecule has 3 aromatic rings. The number of carbonyl (C=O) groups excluding carboxylic acids is 1. The van der Waals surface area contributed by atoms with Gasteiger partial charge in [0, 0.05) is 0 Å². The fourth-order valence-electron chi connectivity index (χ4n) is 2.44. The van der Waals surface area contributed by atoms with Crippen LogP contribution >= 0.6 is 11.6 Å². The molecule has 0 aliphatic heterocycles. The van der Waals surface area contributed by atoms with Crippen molar-refractivity contribution in [2.24, 2.45) is 0 Å². The number of nitrogens with zero attached hydrogens (tertiary/aromatic N) is 2. The first-order valence-corrected chi connectivity index (χ1v) is 8.52. The number of rotatable bonds is 7. The molecule has 0 atom stereocenters. The summed E-state index contributed by atoms with van der Waals surface area (Å²) in [5.41, 5.74) is 1.11. The number of phenolic OH excluding ortho intramolecular Hbond substituents is 1. The Morgan fingerprint density at radius 1 is 1.18 bits per heavy atom. The van der Waals surface area contributed by atoms with Gasteiger partial charge in [-0.15, -0.1) is 0 Å². The summed E-state index contributed by atoms with van der Waals surface area (Å²) in [7, 11) is 0. The summed E-state index contributed by atoms with van der Waals surface area (Å²) < 4.78 is 10.6. The summed E-state index contributed by atoms with van der Waals surface area (Å²) in [6, 6.07) is 9.23. The number of ether oxygens (including phenoxy) is 1. The topological polar surface area (TPSA) is 123 Å². The molecule has 0 saturated heterocycles. The molecule has 2 N–H and O–H groups in total. The molecule has 0 spiro atoms. The van der Waals surface area contributed by atoms with Gasteiger partial charge in [-0.3, -0.25) is 4.79 Å². The van der Waals surface area contributed by atoms with Gasteiger partial charge in [0.2, 0.25) is 11.7 Å². The molecule has 0 unspecified atom stereocenters. The molecule has 0 fully saturated rings. The average Bonchev–Trinajstić information content (AvgIpc) is 3.10. The molecule has 3 rings (SSSR count). The Labute approximate surface area is 164 Å². The molecule has 2 aromatic carbocycles. The van der Waals surface area contributed by atoms with Gasteiger partial charge in [-0.2, -0.15) is 4.98 Å². The molecule has 0 aliphatic carbocycles. The number of phenols is 1. The van der Waals surface area contributed by atoms with Gasteiger partial charge >= 0.3 is 5.97 Å². The fraction of sp³-hybridized carbons (Fsp3) is 0.158. The fourth-order valence-corrected chi connectivity index (χ4v) is 2.66. The van der Waals surface area contributed by atoms with Crippen molar-refractivity contribution in [1.29, 1.82) is 0 Å². The van der Waals surface area contributed by atoms with Gasteiger partial charge in [-0.25, -0.2) is 4.79 Å². The van der Waals surface area contributed by atoms with Crippen molar-refractivity contribution in [2.75, 3.05) is 0 Å². The molecular weight excluding hydrogens is 388 g/mol. The summed E-state index contributed by atoms with van der Waals surface area (Å²) in [4.78, 5) is 26.5. The standard InChI is InChI=1S/C19H15ClN2O6/c1-10(23)13-6-7-14(17(20)18(13)24)27-9-15-21-16(28-22-15)8-11-2-4-12(5-3-11)19(25)26/h2-7,24H,8-9H2,1H3,(H,25,26). The molecule has 1 aromatic heterocycles. The third-order valence-electron chi connectivity index (χ3n) is 3.88. The first-order valence-electron chi connectivity index (χ1n) is 8.14. The number of aromatic nitrogens is 2. The third-order valence-corrected chi connectivity index (χ3v) is 4.25. The van der Waals surface area contributed by atoms with Crippen LogP contribution in [0.25, 0.3) is 0 Å². The van der Waals surface area contributed by atoms with Crippen LogP contribution in [-0.2, 0) is 13.0 Å². The minimum Gasteiger partial charge on any atom is -0.505 e. The molecular formula is C19H15ClN2O6. The van der Waals surface area contributed by atoms with Crippen LogP contribution in [0.3, 0.4) is 0 Å². The molecule has 0 radical (unpaired) electrons. The smallest absolute Gasteiger partial charge is 0.335 e. The SMILES string of the molecule is CC(=O)c1ccc(OCc2noc(Cc3ccc(C(=O)O)cc3)n2)c(Cl)c1O. The van der Waals surface area contributed by atoms with Crippen molar-refractivity contribution in [2.45, 2.75) is 20.0 Å². The van der Waals surface area contributed by atoms with Crippen molar-refractivity contribution in [3.05, 3.63) is 69.8 Å². The van der Waals surface area contributed by atoms with Crippen LogP contribution in [0, 0.1) is 0 Å². The number of Topliss-reactive ketones (excluding diaryl/α,β-unsaturated/α-hetero) is 1. The highest BCUT2D eigenvalue weighted by atomic mass is 35.5. The van der Waals surface area contributed by atoms with E-state index >= 15 is 0 Å². The quantitative estimate of drug-likeness (QED) is 0.575. The lowest BCUT2D eigenvalue weighted by Gasteiger charge is -2.09. The summed E-state index contributed by atoms with van der Waals surface area (Å²) >= 11 is 6.02. The Morgan fingerprint density at radius 2 is 1.89 bits per heavy atom. The molecule has 0 amide bonds. The van der Waals surface area contributed by atoms with Crippen LogP contribution in [0.1, 0.15) is 44.9 Å².